The lowest BCUT2D eigenvalue weighted by atomic mass is 9.85. The van der Waals surface area contributed by atoms with E-state index in [1.165, 1.54) is 0 Å². The number of hydrogen-bond donors (Lipinski definition) is 2. The predicted molar refractivity (Wildman–Crippen MR) is 78.9 cm³/mol. The topological polar surface area (TPSA) is 66.4 Å². The first-order valence-electron chi connectivity index (χ1n) is 6.77. The third-order valence-corrected chi connectivity index (χ3v) is 3.96. The van der Waals surface area contributed by atoms with Crippen molar-refractivity contribution in [1.82, 2.24) is 5.32 Å². The molecule has 0 saturated carbocycles. The summed E-state index contributed by atoms with van der Waals surface area (Å²) < 4.78 is 0. The Balaban J connectivity index is 2.96. The number of nitrogens with one attached hydrogen (secondary N) is 1. The number of carboxylic acids is 1. The van der Waals surface area contributed by atoms with Crippen molar-refractivity contribution in [3.63, 3.8) is 0 Å². The van der Waals surface area contributed by atoms with Crippen molar-refractivity contribution in [3.05, 3.63) is 34.9 Å². The highest BCUT2D eigenvalue weighted by Gasteiger charge is 2.33. The zero-order valence-corrected chi connectivity index (χ0v) is 12.8. The first-order chi connectivity index (χ1) is 9.15. The van der Waals surface area contributed by atoms with Gasteiger partial charge in [0.15, 0.2) is 0 Å². The van der Waals surface area contributed by atoms with E-state index in [0.29, 0.717) is 5.56 Å². The van der Waals surface area contributed by atoms with Gasteiger partial charge in [0.2, 0.25) is 0 Å². The molecule has 0 aliphatic rings. The molecule has 4 heteroatoms. The summed E-state index contributed by atoms with van der Waals surface area (Å²) in [6.07, 6.45) is -0.0960. The first kappa shape index (κ1) is 16.2. The van der Waals surface area contributed by atoms with Crippen LogP contribution in [-0.2, 0) is 4.79 Å². The van der Waals surface area contributed by atoms with Gasteiger partial charge in [-0.05, 0) is 49.9 Å². The lowest BCUT2D eigenvalue weighted by Gasteiger charge is -2.33. The average molecular weight is 277 g/mol. The Morgan fingerprint density at radius 3 is 2.30 bits per heavy atom. The highest BCUT2D eigenvalue weighted by molar-refractivity contribution is 5.95. The number of carboxylic acid groups (broad SMARTS) is 1. The van der Waals surface area contributed by atoms with Crippen LogP contribution in [0.2, 0.25) is 0 Å². The van der Waals surface area contributed by atoms with Crippen LogP contribution in [0.4, 0.5) is 0 Å². The number of carbonyl (C=O) groups is 2. The number of benzene rings is 1. The van der Waals surface area contributed by atoms with Gasteiger partial charge in [-0.3, -0.25) is 9.59 Å². The molecule has 1 amide bonds. The summed E-state index contributed by atoms with van der Waals surface area (Å²) in [5.41, 5.74) is 1.97. The fourth-order valence-corrected chi connectivity index (χ4v) is 1.92. The van der Waals surface area contributed by atoms with Gasteiger partial charge in [0.05, 0.1) is 12.0 Å². The van der Waals surface area contributed by atoms with Gasteiger partial charge in [-0.15, -0.1) is 0 Å². The summed E-state index contributed by atoms with van der Waals surface area (Å²) in [5, 5.41) is 11.9. The highest BCUT2D eigenvalue weighted by atomic mass is 16.4. The Hall–Kier alpha value is -1.84. The van der Waals surface area contributed by atoms with Crippen LogP contribution in [0.5, 0.6) is 0 Å². The Morgan fingerprint density at radius 2 is 1.85 bits per heavy atom. The number of aliphatic carboxylic acids is 1. The van der Waals surface area contributed by atoms with Gasteiger partial charge in [-0.25, -0.2) is 0 Å². The SMILES string of the molecule is Cc1ccc(C(=O)NC(C)(CC(=O)O)C(C)C)cc1C. The molecule has 0 fully saturated rings. The van der Waals surface area contributed by atoms with Gasteiger partial charge in [0, 0.05) is 5.56 Å². The second kappa shape index (κ2) is 6.07. The fraction of sp³-hybridized carbons (Fsp3) is 0.500. The molecule has 1 unspecified atom stereocenters. The molecule has 0 bridgehead atoms. The van der Waals surface area contributed by atoms with Gasteiger partial charge >= 0.3 is 5.97 Å². The molecule has 2 N–H and O–H groups in total. The van der Waals surface area contributed by atoms with Gasteiger partial charge in [-0.2, -0.15) is 0 Å². The zero-order chi connectivity index (χ0) is 15.5. The molecule has 0 aliphatic heterocycles. The minimum absolute atomic E-state index is 0.0223. The van der Waals surface area contributed by atoms with E-state index < -0.39 is 11.5 Å². The molecule has 0 aromatic heterocycles. The average Bonchev–Trinajstić information content (AvgIpc) is 2.31. The summed E-state index contributed by atoms with van der Waals surface area (Å²) in [7, 11) is 0. The molecule has 1 aromatic carbocycles. The first-order valence-corrected chi connectivity index (χ1v) is 6.77. The normalized spacial score (nSPS) is 13.9. The molecule has 0 radical (unpaired) electrons. The molecule has 20 heavy (non-hydrogen) atoms. The fourth-order valence-electron chi connectivity index (χ4n) is 1.92. The monoisotopic (exact) mass is 277 g/mol. The molecule has 1 rings (SSSR count). The quantitative estimate of drug-likeness (QED) is 0.869. The molecule has 0 spiro atoms. The van der Waals surface area contributed by atoms with Gasteiger partial charge < -0.3 is 10.4 Å². The molecule has 1 atom stereocenters. The third-order valence-electron chi connectivity index (χ3n) is 3.96. The van der Waals surface area contributed by atoms with Crippen molar-refractivity contribution in [2.45, 2.75) is 46.6 Å². The number of amides is 1. The van der Waals surface area contributed by atoms with Crippen molar-refractivity contribution in [1.29, 1.82) is 0 Å². The summed E-state index contributed by atoms with van der Waals surface area (Å²) in [6, 6.07) is 5.49. The van der Waals surface area contributed by atoms with E-state index in [9.17, 15) is 9.59 Å². The third kappa shape index (κ3) is 3.83. The summed E-state index contributed by atoms with van der Waals surface area (Å²) in [5.74, 6) is -1.12. The molecule has 0 heterocycles. The van der Waals surface area contributed by atoms with Crippen LogP contribution in [0.3, 0.4) is 0 Å². The van der Waals surface area contributed by atoms with Crippen LogP contribution >= 0.6 is 0 Å². The number of carbonyl (C=O) groups excluding carboxylic acids is 1. The van der Waals surface area contributed by atoms with Gasteiger partial charge in [0.1, 0.15) is 0 Å². The van der Waals surface area contributed by atoms with E-state index >= 15 is 0 Å². The molecule has 1 aromatic rings. The maximum atomic E-state index is 12.3. The smallest absolute Gasteiger partial charge is 0.305 e. The van der Waals surface area contributed by atoms with Crippen LogP contribution in [0.1, 0.15) is 48.7 Å². The maximum Gasteiger partial charge on any atom is 0.305 e. The molecule has 4 nitrogen and oxygen atoms in total. The Bertz CT molecular complexity index is 522. The second-order valence-corrected chi connectivity index (χ2v) is 5.90. The predicted octanol–water partition coefficient (Wildman–Crippen LogP) is 2.92. The van der Waals surface area contributed by atoms with Crippen LogP contribution in [0, 0.1) is 19.8 Å². The second-order valence-electron chi connectivity index (χ2n) is 5.90. The van der Waals surface area contributed by atoms with E-state index in [0.717, 1.165) is 11.1 Å². The zero-order valence-electron chi connectivity index (χ0n) is 12.8. The van der Waals surface area contributed by atoms with Crippen LogP contribution < -0.4 is 5.32 Å². The van der Waals surface area contributed by atoms with E-state index in [-0.39, 0.29) is 18.2 Å². The van der Waals surface area contributed by atoms with Crippen molar-refractivity contribution in [3.8, 4) is 0 Å². The van der Waals surface area contributed by atoms with Crippen LogP contribution in [-0.4, -0.2) is 22.5 Å². The van der Waals surface area contributed by atoms with Crippen molar-refractivity contribution in [2.75, 3.05) is 0 Å². The standard InChI is InChI=1S/C16H23NO3/c1-10(2)16(5,9-14(18)19)17-15(20)13-7-6-11(3)12(4)8-13/h6-8,10H,9H2,1-5H3,(H,17,20)(H,18,19). The van der Waals surface area contributed by atoms with Crippen molar-refractivity contribution < 1.29 is 14.7 Å². The molecular formula is C16H23NO3. The Kier molecular flexibility index (Phi) is 4.93. The largest absolute Gasteiger partial charge is 0.481 e. The van der Waals surface area contributed by atoms with Crippen molar-refractivity contribution in [2.24, 2.45) is 5.92 Å². The van der Waals surface area contributed by atoms with Gasteiger partial charge in [-0.1, -0.05) is 19.9 Å². The summed E-state index contributed by atoms with van der Waals surface area (Å²) in [6.45, 7) is 9.52. The van der Waals surface area contributed by atoms with Crippen LogP contribution in [0.15, 0.2) is 18.2 Å². The lowest BCUT2D eigenvalue weighted by Crippen LogP contribution is -2.51. The van der Waals surface area contributed by atoms with E-state index in [4.69, 9.17) is 5.11 Å². The van der Waals surface area contributed by atoms with Crippen LogP contribution in [0.25, 0.3) is 0 Å². The lowest BCUT2D eigenvalue weighted by molar-refractivity contribution is -0.138. The molecule has 0 aliphatic carbocycles. The number of hydrogen-bond acceptors (Lipinski definition) is 2. The van der Waals surface area contributed by atoms with E-state index in [1.807, 2.05) is 39.8 Å². The summed E-state index contributed by atoms with van der Waals surface area (Å²) >= 11 is 0. The van der Waals surface area contributed by atoms with E-state index in [2.05, 4.69) is 5.32 Å². The Labute approximate surface area is 120 Å². The molecule has 110 valence electrons. The number of aryl methyl sites for hydroxylation is 2. The highest BCUT2D eigenvalue weighted by Crippen LogP contribution is 2.22. The minimum Gasteiger partial charge on any atom is -0.481 e. The van der Waals surface area contributed by atoms with Gasteiger partial charge in [0.25, 0.3) is 5.91 Å². The molecular weight excluding hydrogens is 254 g/mol. The molecule has 0 saturated heterocycles. The van der Waals surface area contributed by atoms with Crippen molar-refractivity contribution >= 4 is 11.9 Å². The minimum atomic E-state index is -0.915. The Morgan fingerprint density at radius 1 is 1.25 bits per heavy atom. The number of rotatable bonds is 5. The summed E-state index contributed by atoms with van der Waals surface area (Å²) in [4.78, 5) is 23.3. The maximum absolute atomic E-state index is 12.3. The van der Waals surface area contributed by atoms with E-state index in [1.54, 1.807) is 13.0 Å².